The lowest BCUT2D eigenvalue weighted by Gasteiger charge is -2.15. The van der Waals surface area contributed by atoms with E-state index in [9.17, 15) is 0 Å². The van der Waals surface area contributed by atoms with E-state index in [4.69, 9.17) is 9.47 Å². The molecule has 0 aromatic carbocycles. The molecule has 0 bridgehead atoms. The van der Waals surface area contributed by atoms with Gasteiger partial charge in [-0.2, -0.15) is 0 Å². The van der Waals surface area contributed by atoms with E-state index in [1.54, 1.807) is 7.11 Å². The minimum atomic E-state index is 0.653. The minimum Gasteiger partial charge on any atom is -0.383 e. The molecule has 0 amide bonds. The van der Waals surface area contributed by atoms with Crippen LogP contribution in [0.3, 0.4) is 0 Å². The Morgan fingerprint density at radius 3 is 2.80 bits per heavy atom. The van der Waals surface area contributed by atoms with Gasteiger partial charge in [0.15, 0.2) is 0 Å². The van der Waals surface area contributed by atoms with E-state index >= 15 is 0 Å². The largest absolute Gasteiger partial charge is 0.383 e. The summed E-state index contributed by atoms with van der Waals surface area (Å²) in [7, 11) is 1.73. The lowest BCUT2D eigenvalue weighted by molar-refractivity contribution is 0.0885. The van der Waals surface area contributed by atoms with Crippen LogP contribution in [0.1, 0.15) is 26.2 Å². The molecule has 0 aromatic rings. The van der Waals surface area contributed by atoms with Gasteiger partial charge in [0.2, 0.25) is 0 Å². The van der Waals surface area contributed by atoms with E-state index in [0.29, 0.717) is 5.92 Å². The summed E-state index contributed by atoms with van der Waals surface area (Å²) in [6.45, 7) is 6.89. The number of hydrogen-bond acceptors (Lipinski definition) is 3. The standard InChI is InChI=1S/C12H25NO2/c1-3-11(8-13-6-7-14-2)9-15-10-12-4-5-12/h11-13H,3-10H2,1-2H3. The Morgan fingerprint density at radius 1 is 1.40 bits per heavy atom. The van der Waals surface area contributed by atoms with Crippen molar-refractivity contribution >= 4 is 0 Å². The molecule has 0 radical (unpaired) electrons. The summed E-state index contributed by atoms with van der Waals surface area (Å²) in [6.07, 6.45) is 3.94. The molecule has 0 saturated heterocycles. The third-order valence-corrected chi connectivity index (χ3v) is 2.90. The van der Waals surface area contributed by atoms with Crippen LogP contribution in [0.5, 0.6) is 0 Å². The van der Waals surface area contributed by atoms with Crippen molar-refractivity contribution in [2.24, 2.45) is 11.8 Å². The van der Waals surface area contributed by atoms with Crippen LogP contribution in [0.15, 0.2) is 0 Å². The molecule has 1 atom stereocenters. The van der Waals surface area contributed by atoms with Crippen molar-refractivity contribution in [3.63, 3.8) is 0 Å². The molecular formula is C12H25NO2. The molecule has 1 saturated carbocycles. The van der Waals surface area contributed by atoms with Crippen LogP contribution in [-0.4, -0.2) is 40.0 Å². The number of ether oxygens (including phenoxy) is 2. The monoisotopic (exact) mass is 215 g/mol. The average Bonchev–Trinajstić information content (AvgIpc) is 3.05. The quantitative estimate of drug-likeness (QED) is 0.562. The zero-order valence-corrected chi connectivity index (χ0v) is 10.1. The average molecular weight is 215 g/mol. The predicted molar refractivity (Wildman–Crippen MR) is 62.1 cm³/mol. The number of methoxy groups -OCH3 is 1. The Morgan fingerprint density at radius 2 is 2.20 bits per heavy atom. The first-order chi connectivity index (χ1) is 7.36. The Kier molecular flexibility index (Phi) is 6.98. The first-order valence-corrected chi connectivity index (χ1v) is 6.14. The summed E-state index contributed by atoms with van der Waals surface area (Å²) in [5.41, 5.74) is 0. The summed E-state index contributed by atoms with van der Waals surface area (Å²) in [4.78, 5) is 0. The number of rotatable bonds is 10. The summed E-state index contributed by atoms with van der Waals surface area (Å²) >= 11 is 0. The molecule has 1 N–H and O–H groups in total. The Hall–Kier alpha value is -0.120. The molecule has 90 valence electrons. The topological polar surface area (TPSA) is 30.5 Å². The highest BCUT2D eigenvalue weighted by atomic mass is 16.5. The van der Waals surface area contributed by atoms with Crippen LogP contribution < -0.4 is 5.32 Å². The van der Waals surface area contributed by atoms with Crippen molar-refractivity contribution in [3.8, 4) is 0 Å². The fraction of sp³-hybridized carbons (Fsp3) is 1.00. The normalized spacial score (nSPS) is 18.0. The molecule has 3 nitrogen and oxygen atoms in total. The fourth-order valence-corrected chi connectivity index (χ4v) is 1.49. The van der Waals surface area contributed by atoms with Crippen molar-refractivity contribution in [1.29, 1.82) is 0 Å². The van der Waals surface area contributed by atoms with Crippen molar-refractivity contribution < 1.29 is 9.47 Å². The van der Waals surface area contributed by atoms with Gasteiger partial charge in [0, 0.05) is 26.8 Å². The maximum absolute atomic E-state index is 5.70. The van der Waals surface area contributed by atoms with Gasteiger partial charge in [-0.25, -0.2) is 0 Å². The predicted octanol–water partition coefficient (Wildman–Crippen LogP) is 1.68. The highest BCUT2D eigenvalue weighted by Crippen LogP contribution is 2.28. The lowest BCUT2D eigenvalue weighted by Crippen LogP contribution is -2.28. The summed E-state index contributed by atoms with van der Waals surface area (Å²) < 4.78 is 10.7. The molecule has 0 heterocycles. The van der Waals surface area contributed by atoms with Gasteiger partial charge in [0.05, 0.1) is 13.2 Å². The lowest BCUT2D eigenvalue weighted by atomic mass is 10.1. The van der Waals surface area contributed by atoms with E-state index < -0.39 is 0 Å². The Bertz CT molecular complexity index is 149. The molecule has 15 heavy (non-hydrogen) atoms. The molecular weight excluding hydrogens is 190 g/mol. The van der Waals surface area contributed by atoms with Gasteiger partial charge in [-0.1, -0.05) is 6.92 Å². The molecule has 3 heteroatoms. The van der Waals surface area contributed by atoms with Crippen molar-refractivity contribution in [1.82, 2.24) is 5.32 Å². The van der Waals surface area contributed by atoms with Crippen molar-refractivity contribution in [2.75, 3.05) is 40.0 Å². The van der Waals surface area contributed by atoms with Crippen LogP contribution >= 0.6 is 0 Å². The van der Waals surface area contributed by atoms with Gasteiger partial charge in [-0.05, 0) is 31.1 Å². The minimum absolute atomic E-state index is 0.653. The Balaban J connectivity index is 1.90. The van der Waals surface area contributed by atoms with Crippen LogP contribution in [0.2, 0.25) is 0 Å². The molecule has 0 aromatic heterocycles. The van der Waals surface area contributed by atoms with Gasteiger partial charge in [-0.15, -0.1) is 0 Å². The molecule has 1 unspecified atom stereocenters. The number of nitrogens with one attached hydrogen (secondary N) is 1. The summed E-state index contributed by atoms with van der Waals surface area (Å²) in [6, 6.07) is 0. The third-order valence-electron chi connectivity index (χ3n) is 2.90. The highest BCUT2D eigenvalue weighted by Gasteiger charge is 2.21. The van der Waals surface area contributed by atoms with E-state index in [1.807, 2.05) is 0 Å². The van der Waals surface area contributed by atoms with E-state index in [0.717, 1.165) is 38.8 Å². The second-order valence-corrected chi connectivity index (χ2v) is 4.45. The molecule has 1 aliphatic rings. The molecule has 0 spiro atoms. The first kappa shape index (κ1) is 12.9. The fourth-order valence-electron chi connectivity index (χ4n) is 1.49. The van der Waals surface area contributed by atoms with Crippen LogP contribution in [-0.2, 0) is 9.47 Å². The maximum atomic E-state index is 5.70. The van der Waals surface area contributed by atoms with E-state index in [1.165, 1.54) is 19.3 Å². The van der Waals surface area contributed by atoms with E-state index in [-0.39, 0.29) is 0 Å². The van der Waals surface area contributed by atoms with E-state index in [2.05, 4.69) is 12.2 Å². The summed E-state index contributed by atoms with van der Waals surface area (Å²) in [5.74, 6) is 1.53. The second kappa shape index (κ2) is 8.08. The van der Waals surface area contributed by atoms with Crippen LogP contribution in [0.25, 0.3) is 0 Å². The zero-order valence-electron chi connectivity index (χ0n) is 10.1. The summed E-state index contributed by atoms with van der Waals surface area (Å²) in [5, 5.41) is 3.39. The molecule has 1 aliphatic carbocycles. The van der Waals surface area contributed by atoms with Crippen molar-refractivity contribution in [3.05, 3.63) is 0 Å². The first-order valence-electron chi connectivity index (χ1n) is 6.14. The van der Waals surface area contributed by atoms with Gasteiger partial charge in [-0.3, -0.25) is 0 Å². The second-order valence-electron chi connectivity index (χ2n) is 4.45. The number of hydrogen-bond donors (Lipinski definition) is 1. The van der Waals surface area contributed by atoms with Crippen LogP contribution in [0, 0.1) is 11.8 Å². The van der Waals surface area contributed by atoms with Gasteiger partial charge in [0.1, 0.15) is 0 Å². The Labute approximate surface area is 93.5 Å². The smallest absolute Gasteiger partial charge is 0.0587 e. The molecule has 1 rings (SSSR count). The van der Waals surface area contributed by atoms with Crippen molar-refractivity contribution in [2.45, 2.75) is 26.2 Å². The zero-order chi connectivity index (χ0) is 10.9. The molecule has 0 aliphatic heterocycles. The van der Waals surface area contributed by atoms with Gasteiger partial charge < -0.3 is 14.8 Å². The SMILES string of the molecule is CCC(CNCCOC)COCC1CC1. The molecule has 1 fully saturated rings. The maximum Gasteiger partial charge on any atom is 0.0587 e. The van der Waals surface area contributed by atoms with Crippen LogP contribution in [0.4, 0.5) is 0 Å². The highest BCUT2D eigenvalue weighted by molar-refractivity contribution is 4.72. The van der Waals surface area contributed by atoms with Gasteiger partial charge in [0.25, 0.3) is 0 Å². The van der Waals surface area contributed by atoms with Gasteiger partial charge >= 0.3 is 0 Å². The third kappa shape index (κ3) is 6.88.